The molecule has 4 aromatic rings. The van der Waals surface area contributed by atoms with Crippen molar-refractivity contribution < 1.29 is 23.2 Å². The van der Waals surface area contributed by atoms with E-state index >= 15 is 0 Å². The average Bonchev–Trinajstić information content (AvgIpc) is 2.88. The summed E-state index contributed by atoms with van der Waals surface area (Å²) in [7, 11) is -3.70. The first kappa shape index (κ1) is 26.9. The zero-order chi connectivity index (χ0) is 27.4. The molecule has 2 aromatic heterocycles. The summed E-state index contributed by atoms with van der Waals surface area (Å²) in [5.41, 5.74) is 0.00498. The van der Waals surface area contributed by atoms with Gasteiger partial charge in [-0.3, -0.25) is 19.6 Å². The Morgan fingerprint density at radius 1 is 1.13 bits per heavy atom. The highest BCUT2D eigenvalue weighted by atomic mass is 35.5. The van der Waals surface area contributed by atoms with E-state index in [1.165, 1.54) is 30.5 Å². The van der Waals surface area contributed by atoms with Crippen molar-refractivity contribution in [3.8, 4) is 0 Å². The van der Waals surface area contributed by atoms with Crippen LogP contribution in [0, 0.1) is 0 Å². The van der Waals surface area contributed by atoms with Crippen LogP contribution >= 0.6 is 11.6 Å². The Morgan fingerprint density at radius 3 is 2.58 bits per heavy atom. The predicted octanol–water partition coefficient (Wildman–Crippen LogP) is 3.09. The molecule has 38 heavy (non-hydrogen) atoms. The molecule has 2 aromatic carbocycles. The highest BCUT2D eigenvalue weighted by molar-refractivity contribution is 7.90. The van der Waals surface area contributed by atoms with Crippen molar-refractivity contribution >= 4 is 50.0 Å². The van der Waals surface area contributed by atoms with Gasteiger partial charge in [0, 0.05) is 29.9 Å². The van der Waals surface area contributed by atoms with Crippen molar-refractivity contribution in [3.05, 3.63) is 92.9 Å². The number of nitrogens with zero attached hydrogens (tertiary/aromatic N) is 3. The lowest BCUT2D eigenvalue weighted by Crippen LogP contribution is -2.29. The first-order valence-corrected chi connectivity index (χ1v) is 13.6. The molecule has 2 heterocycles. The van der Waals surface area contributed by atoms with Crippen molar-refractivity contribution in [2.75, 3.05) is 18.1 Å². The number of amides is 2. The molecule has 11 nitrogen and oxygen atoms in total. The smallest absolute Gasteiger partial charge is 0.277 e. The van der Waals surface area contributed by atoms with Crippen LogP contribution in [0.2, 0.25) is 5.02 Å². The van der Waals surface area contributed by atoms with Gasteiger partial charge in [-0.25, -0.2) is 23.4 Å². The average molecular weight is 556 g/mol. The molecule has 0 atom stereocenters. The van der Waals surface area contributed by atoms with Gasteiger partial charge in [-0.15, -0.1) is 0 Å². The van der Waals surface area contributed by atoms with Crippen LogP contribution in [0.3, 0.4) is 0 Å². The number of nitrogens with one attached hydrogen (secondary N) is 2. The van der Waals surface area contributed by atoms with Crippen LogP contribution in [0.25, 0.3) is 11.0 Å². The SMILES string of the molecule is CS(=O)(=O)c1ncc2cc(C(=O)Nc3cc(C(=O)N(O)CCCc4ccccc4)ccc3Cl)c(=O)[nH]c2n1. The summed E-state index contributed by atoms with van der Waals surface area (Å²) in [5, 5.41) is 13.2. The fourth-order valence-corrected chi connectivity index (χ4v) is 4.26. The summed E-state index contributed by atoms with van der Waals surface area (Å²) in [6.07, 6.45) is 3.31. The Labute approximate surface area is 222 Å². The molecule has 0 saturated carbocycles. The number of aryl methyl sites for hydroxylation is 1. The summed E-state index contributed by atoms with van der Waals surface area (Å²) in [6, 6.07) is 14.9. The van der Waals surface area contributed by atoms with E-state index in [9.17, 15) is 28.0 Å². The molecule has 4 rings (SSSR count). The minimum absolute atomic E-state index is 0.0448. The lowest BCUT2D eigenvalue weighted by atomic mass is 10.1. The highest BCUT2D eigenvalue weighted by Crippen LogP contribution is 2.24. The van der Waals surface area contributed by atoms with Crippen molar-refractivity contribution in [1.82, 2.24) is 20.0 Å². The molecular weight excluding hydrogens is 534 g/mol. The van der Waals surface area contributed by atoms with Crippen LogP contribution in [0.4, 0.5) is 5.69 Å². The maximum Gasteiger partial charge on any atom is 0.277 e. The molecule has 3 N–H and O–H groups in total. The zero-order valence-corrected chi connectivity index (χ0v) is 21.6. The molecule has 0 aliphatic heterocycles. The lowest BCUT2D eigenvalue weighted by Gasteiger charge is -2.16. The molecule has 0 aliphatic rings. The largest absolute Gasteiger partial charge is 0.320 e. The molecular formula is C25H22ClN5O6S. The number of pyridine rings is 1. The summed E-state index contributed by atoms with van der Waals surface area (Å²) in [6.45, 7) is 0.0909. The van der Waals surface area contributed by atoms with E-state index < -0.39 is 32.4 Å². The maximum absolute atomic E-state index is 12.9. The number of hydrogen-bond acceptors (Lipinski definition) is 8. The van der Waals surface area contributed by atoms with Gasteiger partial charge in [-0.05, 0) is 42.7 Å². The number of H-pyrrole nitrogens is 1. The highest BCUT2D eigenvalue weighted by Gasteiger charge is 2.19. The van der Waals surface area contributed by atoms with E-state index in [2.05, 4.69) is 20.3 Å². The number of benzene rings is 2. The Morgan fingerprint density at radius 2 is 1.87 bits per heavy atom. The Kier molecular flexibility index (Phi) is 7.86. The normalized spacial score (nSPS) is 11.3. The van der Waals surface area contributed by atoms with Crippen molar-refractivity contribution in [1.29, 1.82) is 0 Å². The van der Waals surface area contributed by atoms with Crippen molar-refractivity contribution in [3.63, 3.8) is 0 Å². The van der Waals surface area contributed by atoms with Gasteiger partial charge in [0.25, 0.3) is 17.4 Å². The minimum Gasteiger partial charge on any atom is -0.320 e. The number of halogens is 1. The van der Waals surface area contributed by atoms with Gasteiger partial charge in [0.05, 0.1) is 10.7 Å². The second kappa shape index (κ2) is 11.1. The summed E-state index contributed by atoms with van der Waals surface area (Å²) < 4.78 is 23.3. The van der Waals surface area contributed by atoms with Crippen LogP contribution in [0.1, 0.15) is 32.7 Å². The Balaban J connectivity index is 1.49. The third kappa shape index (κ3) is 6.22. The number of anilines is 1. The van der Waals surface area contributed by atoms with Crippen LogP contribution in [-0.2, 0) is 16.3 Å². The second-order valence-electron chi connectivity index (χ2n) is 8.41. The van der Waals surface area contributed by atoms with Crippen LogP contribution in [-0.4, -0.2) is 58.3 Å². The van der Waals surface area contributed by atoms with Crippen LogP contribution in [0.15, 0.2) is 70.7 Å². The third-order valence-electron chi connectivity index (χ3n) is 5.52. The molecule has 0 bridgehead atoms. The predicted molar refractivity (Wildman–Crippen MR) is 140 cm³/mol. The first-order chi connectivity index (χ1) is 18.0. The number of aromatic amines is 1. The standard InChI is InChI=1S/C25H22ClN5O6S/c1-38(36,37)25-27-14-17-12-18(23(33)29-21(17)30-25)22(32)28-20-13-16(9-10-19(20)26)24(34)31(35)11-5-8-15-6-3-2-4-7-15/h2-4,6-7,9-10,12-14,35H,5,8,11H2,1H3,(H,28,32)(H,27,29,30,33). The first-order valence-electron chi connectivity index (χ1n) is 11.3. The van der Waals surface area contributed by atoms with Crippen LogP contribution in [0.5, 0.6) is 0 Å². The number of hydroxylamine groups is 2. The Bertz CT molecular complexity index is 1690. The Hall–Kier alpha value is -4.13. The number of sulfone groups is 1. The molecule has 0 saturated heterocycles. The molecule has 0 radical (unpaired) electrons. The third-order valence-corrected chi connectivity index (χ3v) is 6.71. The quantitative estimate of drug-likeness (QED) is 0.170. The van der Waals surface area contributed by atoms with Gasteiger partial charge in [0.1, 0.15) is 11.2 Å². The number of carbonyl (C=O) groups is 2. The number of aromatic nitrogens is 3. The lowest BCUT2D eigenvalue weighted by molar-refractivity contribution is -0.0584. The van der Waals surface area contributed by atoms with E-state index in [0.717, 1.165) is 11.8 Å². The van der Waals surface area contributed by atoms with Gasteiger partial charge in [-0.2, -0.15) is 0 Å². The second-order valence-corrected chi connectivity index (χ2v) is 10.7. The molecule has 196 valence electrons. The molecule has 0 spiro atoms. The van der Waals surface area contributed by atoms with Crippen LogP contribution < -0.4 is 10.9 Å². The van der Waals surface area contributed by atoms with E-state index in [-0.39, 0.29) is 39.4 Å². The van der Waals surface area contributed by atoms with Gasteiger partial charge in [-0.1, -0.05) is 41.9 Å². The molecule has 0 fully saturated rings. The number of carbonyl (C=O) groups excluding carboxylic acids is 2. The fourth-order valence-electron chi connectivity index (χ4n) is 3.60. The monoisotopic (exact) mass is 555 g/mol. The molecule has 0 unspecified atom stereocenters. The number of rotatable bonds is 8. The van der Waals surface area contributed by atoms with E-state index in [1.54, 1.807) is 0 Å². The summed E-state index contributed by atoms with van der Waals surface area (Å²) in [4.78, 5) is 48.1. The van der Waals surface area contributed by atoms with Gasteiger partial charge < -0.3 is 10.3 Å². The maximum atomic E-state index is 12.9. The zero-order valence-electron chi connectivity index (χ0n) is 20.0. The van der Waals surface area contributed by atoms with Gasteiger partial charge in [0.2, 0.25) is 15.0 Å². The van der Waals surface area contributed by atoms with Gasteiger partial charge >= 0.3 is 0 Å². The van der Waals surface area contributed by atoms with E-state index in [4.69, 9.17) is 11.6 Å². The number of fused-ring (bicyclic) bond motifs is 1. The number of hydrogen-bond donors (Lipinski definition) is 3. The van der Waals surface area contributed by atoms with Crippen molar-refractivity contribution in [2.24, 2.45) is 0 Å². The molecule has 2 amide bonds. The van der Waals surface area contributed by atoms with E-state index in [1.807, 2.05) is 30.3 Å². The van der Waals surface area contributed by atoms with Crippen molar-refractivity contribution in [2.45, 2.75) is 18.0 Å². The molecule has 0 aliphatic carbocycles. The topological polar surface area (TPSA) is 162 Å². The fraction of sp³-hybridized carbons (Fsp3) is 0.160. The minimum atomic E-state index is -3.70. The summed E-state index contributed by atoms with van der Waals surface area (Å²) in [5.74, 6) is -1.52. The summed E-state index contributed by atoms with van der Waals surface area (Å²) >= 11 is 6.19. The molecule has 13 heteroatoms. The van der Waals surface area contributed by atoms with E-state index in [0.29, 0.717) is 17.9 Å². The van der Waals surface area contributed by atoms with Gasteiger partial charge in [0.15, 0.2) is 0 Å².